The highest BCUT2D eigenvalue weighted by Gasteiger charge is 2.34. The fraction of sp³-hybridized carbons (Fsp3) is 0.611. The SMILES string of the molecule is CN(Cc1ccccc1)C(=O)CN1CCCC[C@H]1C1OCCO1. The molecule has 1 aromatic carbocycles. The summed E-state index contributed by atoms with van der Waals surface area (Å²) in [5.74, 6) is 0.152. The van der Waals surface area contributed by atoms with Crippen LogP contribution in [0.15, 0.2) is 30.3 Å². The molecule has 1 amide bonds. The maximum atomic E-state index is 12.6. The van der Waals surface area contributed by atoms with Crippen LogP contribution in [0.5, 0.6) is 0 Å². The number of ether oxygens (including phenoxy) is 2. The fourth-order valence-electron chi connectivity index (χ4n) is 3.36. The molecule has 0 unspecified atom stereocenters. The predicted molar refractivity (Wildman–Crippen MR) is 87.8 cm³/mol. The van der Waals surface area contributed by atoms with Crippen LogP contribution in [0.1, 0.15) is 24.8 Å². The minimum atomic E-state index is -0.164. The van der Waals surface area contributed by atoms with Crippen LogP contribution in [0.2, 0.25) is 0 Å². The van der Waals surface area contributed by atoms with Gasteiger partial charge in [-0.1, -0.05) is 36.8 Å². The summed E-state index contributed by atoms with van der Waals surface area (Å²) >= 11 is 0. The number of carbonyl (C=O) groups excluding carboxylic acids is 1. The van der Waals surface area contributed by atoms with Crippen molar-refractivity contribution in [3.05, 3.63) is 35.9 Å². The third-order valence-corrected chi connectivity index (χ3v) is 4.65. The highest BCUT2D eigenvalue weighted by atomic mass is 16.7. The summed E-state index contributed by atoms with van der Waals surface area (Å²) in [5, 5.41) is 0. The molecule has 0 spiro atoms. The van der Waals surface area contributed by atoms with Crippen LogP contribution in [0.4, 0.5) is 0 Å². The Bertz CT molecular complexity index is 502. The Hall–Kier alpha value is -1.43. The summed E-state index contributed by atoms with van der Waals surface area (Å²) in [4.78, 5) is 16.6. The van der Waals surface area contributed by atoms with Crippen molar-refractivity contribution >= 4 is 5.91 Å². The van der Waals surface area contributed by atoms with Gasteiger partial charge in [-0.2, -0.15) is 0 Å². The van der Waals surface area contributed by atoms with Crippen LogP contribution in [0.25, 0.3) is 0 Å². The molecule has 126 valence electrons. The van der Waals surface area contributed by atoms with Crippen LogP contribution in [0, 0.1) is 0 Å². The van der Waals surface area contributed by atoms with E-state index in [1.807, 2.05) is 37.4 Å². The van der Waals surface area contributed by atoms with E-state index in [4.69, 9.17) is 9.47 Å². The number of nitrogens with zero attached hydrogens (tertiary/aromatic N) is 2. The zero-order valence-corrected chi connectivity index (χ0v) is 13.8. The molecule has 0 aromatic heterocycles. The van der Waals surface area contributed by atoms with Crippen molar-refractivity contribution in [2.75, 3.05) is 33.4 Å². The summed E-state index contributed by atoms with van der Waals surface area (Å²) < 4.78 is 11.3. The number of likely N-dealkylation sites (tertiary alicyclic amines) is 1. The molecule has 0 aliphatic carbocycles. The van der Waals surface area contributed by atoms with E-state index < -0.39 is 0 Å². The monoisotopic (exact) mass is 318 g/mol. The molecule has 2 aliphatic rings. The zero-order chi connectivity index (χ0) is 16.1. The molecule has 0 saturated carbocycles. The van der Waals surface area contributed by atoms with Crippen LogP contribution >= 0.6 is 0 Å². The Morgan fingerprint density at radius 1 is 1.22 bits per heavy atom. The maximum absolute atomic E-state index is 12.6. The second-order valence-corrected chi connectivity index (χ2v) is 6.38. The summed E-state index contributed by atoms with van der Waals surface area (Å²) in [6.07, 6.45) is 3.19. The molecule has 1 aromatic rings. The molecular weight excluding hydrogens is 292 g/mol. The fourth-order valence-corrected chi connectivity index (χ4v) is 3.36. The molecule has 0 radical (unpaired) electrons. The molecule has 2 saturated heterocycles. The lowest BCUT2D eigenvalue weighted by atomic mass is 10.0. The molecule has 2 aliphatic heterocycles. The van der Waals surface area contributed by atoms with E-state index in [1.165, 1.54) is 6.42 Å². The number of rotatable bonds is 5. The van der Waals surface area contributed by atoms with Crippen molar-refractivity contribution in [2.24, 2.45) is 0 Å². The van der Waals surface area contributed by atoms with Crippen LogP contribution in [-0.2, 0) is 20.8 Å². The lowest BCUT2D eigenvalue weighted by Crippen LogP contribution is -2.51. The number of carbonyl (C=O) groups is 1. The Labute approximate surface area is 138 Å². The van der Waals surface area contributed by atoms with Gasteiger partial charge in [-0.15, -0.1) is 0 Å². The quantitative estimate of drug-likeness (QED) is 0.831. The summed E-state index contributed by atoms with van der Waals surface area (Å²) in [6.45, 7) is 3.36. The lowest BCUT2D eigenvalue weighted by Gasteiger charge is -2.38. The lowest BCUT2D eigenvalue weighted by molar-refractivity contribution is -0.139. The van der Waals surface area contributed by atoms with Crippen molar-refractivity contribution in [1.82, 2.24) is 9.80 Å². The number of hydrogen-bond donors (Lipinski definition) is 0. The first kappa shape index (κ1) is 16.4. The van der Waals surface area contributed by atoms with E-state index in [0.717, 1.165) is 24.9 Å². The first-order chi connectivity index (χ1) is 11.2. The molecular formula is C18H26N2O3. The van der Waals surface area contributed by atoms with E-state index in [9.17, 15) is 4.79 Å². The average molecular weight is 318 g/mol. The molecule has 0 bridgehead atoms. The Morgan fingerprint density at radius 2 is 1.96 bits per heavy atom. The summed E-state index contributed by atoms with van der Waals surface area (Å²) in [5.41, 5.74) is 1.15. The number of benzene rings is 1. The first-order valence-electron chi connectivity index (χ1n) is 8.49. The number of piperidine rings is 1. The molecule has 0 N–H and O–H groups in total. The third kappa shape index (κ3) is 4.31. The zero-order valence-electron chi connectivity index (χ0n) is 13.8. The van der Waals surface area contributed by atoms with E-state index in [1.54, 1.807) is 4.90 Å². The van der Waals surface area contributed by atoms with E-state index in [-0.39, 0.29) is 18.2 Å². The normalized spacial score (nSPS) is 23.1. The van der Waals surface area contributed by atoms with Gasteiger partial charge in [-0.3, -0.25) is 9.69 Å². The van der Waals surface area contributed by atoms with Crippen LogP contribution < -0.4 is 0 Å². The largest absolute Gasteiger partial charge is 0.349 e. The van der Waals surface area contributed by atoms with E-state index >= 15 is 0 Å². The van der Waals surface area contributed by atoms with Crippen LogP contribution in [-0.4, -0.2) is 61.4 Å². The average Bonchev–Trinajstić information content (AvgIpc) is 3.10. The maximum Gasteiger partial charge on any atom is 0.236 e. The molecule has 23 heavy (non-hydrogen) atoms. The molecule has 1 atom stereocenters. The number of likely N-dealkylation sites (N-methyl/N-ethyl adjacent to an activating group) is 1. The topological polar surface area (TPSA) is 42.0 Å². The third-order valence-electron chi connectivity index (χ3n) is 4.65. The molecule has 5 nitrogen and oxygen atoms in total. The molecule has 2 heterocycles. The van der Waals surface area contributed by atoms with Gasteiger partial charge in [-0.25, -0.2) is 0 Å². The van der Waals surface area contributed by atoms with Gasteiger partial charge in [0.25, 0.3) is 0 Å². The van der Waals surface area contributed by atoms with Crippen molar-refractivity contribution in [2.45, 2.75) is 38.1 Å². The second kappa shape index (κ2) is 7.90. The van der Waals surface area contributed by atoms with E-state index in [2.05, 4.69) is 4.90 Å². The van der Waals surface area contributed by atoms with Crippen LogP contribution in [0.3, 0.4) is 0 Å². The van der Waals surface area contributed by atoms with Gasteiger partial charge in [0.05, 0.1) is 25.8 Å². The second-order valence-electron chi connectivity index (χ2n) is 6.38. The standard InChI is InChI=1S/C18H26N2O3/c1-19(13-15-7-3-2-4-8-15)17(21)14-20-10-6-5-9-16(20)18-22-11-12-23-18/h2-4,7-8,16,18H,5-6,9-14H2,1H3/t16-/m0/s1. The number of amides is 1. The van der Waals surface area contributed by atoms with Gasteiger partial charge < -0.3 is 14.4 Å². The number of hydrogen-bond acceptors (Lipinski definition) is 4. The molecule has 5 heteroatoms. The van der Waals surface area contributed by atoms with Gasteiger partial charge in [0.1, 0.15) is 0 Å². The smallest absolute Gasteiger partial charge is 0.236 e. The predicted octanol–water partition coefficient (Wildman–Crippen LogP) is 1.87. The van der Waals surface area contributed by atoms with Gasteiger partial charge in [0, 0.05) is 13.6 Å². The first-order valence-corrected chi connectivity index (χ1v) is 8.49. The van der Waals surface area contributed by atoms with Gasteiger partial charge in [0.2, 0.25) is 5.91 Å². The van der Waals surface area contributed by atoms with Gasteiger partial charge in [0.15, 0.2) is 6.29 Å². The highest BCUT2D eigenvalue weighted by Crippen LogP contribution is 2.24. The van der Waals surface area contributed by atoms with Crippen molar-refractivity contribution in [1.29, 1.82) is 0 Å². The minimum Gasteiger partial charge on any atom is -0.349 e. The Kier molecular flexibility index (Phi) is 5.65. The minimum absolute atomic E-state index is 0.152. The van der Waals surface area contributed by atoms with Crippen molar-refractivity contribution in [3.8, 4) is 0 Å². The van der Waals surface area contributed by atoms with Crippen molar-refractivity contribution < 1.29 is 14.3 Å². The van der Waals surface area contributed by atoms with Crippen molar-refractivity contribution in [3.63, 3.8) is 0 Å². The Balaban J connectivity index is 1.56. The highest BCUT2D eigenvalue weighted by molar-refractivity contribution is 5.78. The summed E-state index contributed by atoms with van der Waals surface area (Å²) in [6, 6.07) is 10.3. The molecule has 2 fully saturated rings. The van der Waals surface area contributed by atoms with Gasteiger partial charge >= 0.3 is 0 Å². The summed E-state index contributed by atoms with van der Waals surface area (Å²) in [7, 11) is 1.87. The Morgan fingerprint density at radius 3 is 2.70 bits per heavy atom. The van der Waals surface area contributed by atoms with E-state index in [0.29, 0.717) is 26.3 Å². The van der Waals surface area contributed by atoms with Gasteiger partial charge in [-0.05, 0) is 24.9 Å². The molecule has 3 rings (SSSR count).